The number of para-hydroxylation sites is 1. The van der Waals surface area contributed by atoms with Crippen molar-refractivity contribution in [2.24, 2.45) is 9.98 Å². The third-order valence-corrected chi connectivity index (χ3v) is 4.26. The molecule has 18 heavy (non-hydrogen) atoms. The smallest absolute Gasteiger partial charge is 0.151 e. The maximum atomic E-state index is 4.55. The third kappa shape index (κ3) is 3.78. The maximum absolute atomic E-state index is 4.55. The average molecular weight is 275 g/mol. The average Bonchev–Trinajstić information content (AvgIpc) is 2.80. The molecular formula is C13H13N3S2. The van der Waals surface area contributed by atoms with Gasteiger partial charge in [-0.3, -0.25) is 9.98 Å². The van der Waals surface area contributed by atoms with Gasteiger partial charge in [0.25, 0.3) is 0 Å². The van der Waals surface area contributed by atoms with Crippen LogP contribution in [0.1, 0.15) is 0 Å². The first-order valence-corrected chi connectivity index (χ1v) is 7.29. The SMILES string of the molecule is C=N/C=C\C=NCCSc1nc2ccccc2s1. The van der Waals surface area contributed by atoms with Gasteiger partial charge in [0.15, 0.2) is 4.34 Å². The molecule has 0 saturated heterocycles. The molecule has 2 aromatic rings. The second kappa shape index (κ2) is 7.08. The fourth-order valence-corrected chi connectivity index (χ4v) is 3.32. The van der Waals surface area contributed by atoms with Crippen molar-refractivity contribution in [1.29, 1.82) is 0 Å². The van der Waals surface area contributed by atoms with Crippen LogP contribution in [0, 0.1) is 0 Å². The second-order valence-electron chi connectivity index (χ2n) is 3.38. The van der Waals surface area contributed by atoms with Gasteiger partial charge in [-0.15, -0.1) is 11.3 Å². The van der Waals surface area contributed by atoms with E-state index in [0.29, 0.717) is 0 Å². The highest BCUT2D eigenvalue weighted by Gasteiger charge is 2.02. The molecule has 0 saturated carbocycles. The molecule has 2 rings (SSSR count). The van der Waals surface area contributed by atoms with E-state index < -0.39 is 0 Å². The number of hydrogen-bond donors (Lipinski definition) is 0. The van der Waals surface area contributed by atoms with Crippen molar-refractivity contribution in [2.75, 3.05) is 12.3 Å². The van der Waals surface area contributed by atoms with Crippen LogP contribution in [0.3, 0.4) is 0 Å². The fourth-order valence-electron chi connectivity index (χ4n) is 1.33. The van der Waals surface area contributed by atoms with Crippen molar-refractivity contribution in [3.05, 3.63) is 36.5 Å². The monoisotopic (exact) mass is 275 g/mol. The Balaban J connectivity index is 1.81. The Morgan fingerprint density at radius 3 is 3.11 bits per heavy atom. The summed E-state index contributed by atoms with van der Waals surface area (Å²) in [5.41, 5.74) is 1.08. The Kier molecular flexibility index (Phi) is 5.11. The first-order valence-electron chi connectivity index (χ1n) is 5.49. The maximum Gasteiger partial charge on any atom is 0.151 e. The second-order valence-corrected chi connectivity index (χ2v) is 5.75. The van der Waals surface area contributed by atoms with Gasteiger partial charge in [-0.05, 0) is 24.9 Å². The summed E-state index contributed by atoms with van der Waals surface area (Å²) in [5.74, 6) is 0.936. The molecule has 0 aliphatic rings. The quantitative estimate of drug-likeness (QED) is 0.458. The summed E-state index contributed by atoms with van der Waals surface area (Å²) in [6.45, 7) is 4.13. The highest BCUT2D eigenvalue weighted by atomic mass is 32.2. The first-order chi connectivity index (χ1) is 8.90. The van der Waals surface area contributed by atoms with Gasteiger partial charge in [-0.2, -0.15) is 0 Å². The molecule has 0 radical (unpaired) electrons. The molecule has 0 N–H and O–H groups in total. The minimum absolute atomic E-state index is 0.780. The Morgan fingerprint density at radius 2 is 2.28 bits per heavy atom. The fraction of sp³-hybridized carbons (Fsp3) is 0.154. The van der Waals surface area contributed by atoms with Crippen molar-refractivity contribution < 1.29 is 0 Å². The van der Waals surface area contributed by atoms with E-state index in [1.54, 1.807) is 41.6 Å². The van der Waals surface area contributed by atoms with Crippen LogP contribution in [-0.4, -0.2) is 30.2 Å². The van der Waals surface area contributed by atoms with E-state index in [1.807, 2.05) is 18.2 Å². The van der Waals surface area contributed by atoms with Crippen LogP contribution in [0.2, 0.25) is 0 Å². The molecule has 1 aromatic heterocycles. The van der Waals surface area contributed by atoms with Crippen LogP contribution in [0.4, 0.5) is 0 Å². The number of aromatic nitrogens is 1. The minimum Gasteiger partial charge on any atom is -0.292 e. The minimum atomic E-state index is 0.780. The number of hydrogen-bond acceptors (Lipinski definition) is 5. The molecule has 5 heteroatoms. The normalized spacial score (nSPS) is 11.8. The summed E-state index contributed by atoms with van der Waals surface area (Å²) in [4.78, 5) is 12.4. The molecule has 0 amide bonds. The van der Waals surface area contributed by atoms with Gasteiger partial charge in [-0.25, -0.2) is 4.98 Å². The van der Waals surface area contributed by atoms with Gasteiger partial charge in [0.2, 0.25) is 0 Å². The molecule has 0 fully saturated rings. The Bertz CT molecular complexity index is 539. The standard InChI is InChI=1S/C13H13N3S2/c1-14-7-4-8-15-9-10-17-13-16-11-5-2-3-6-12(11)18-13/h2-8H,1,9-10H2/b7-4-,15-8?. The number of thioether (sulfide) groups is 1. The predicted molar refractivity (Wildman–Crippen MR) is 82.4 cm³/mol. The van der Waals surface area contributed by atoms with Crippen molar-refractivity contribution in [3.8, 4) is 0 Å². The summed E-state index contributed by atoms with van der Waals surface area (Å²) in [7, 11) is 0. The van der Waals surface area contributed by atoms with E-state index in [-0.39, 0.29) is 0 Å². The topological polar surface area (TPSA) is 37.6 Å². The first kappa shape index (κ1) is 13.0. The lowest BCUT2D eigenvalue weighted by Gasteiger charge is -1.91. The van der Waals surface area contributed by atoms with Gasteiger partial charge in [0.1, 0.15) is 0 Å². The molecule has 0 aliphatic carbocycles. The number of rotatable bonds is 6. The zero-order chi connectivity index (χ0) is 12.6. The van der Waals surface area contributed by atoms with Crippen molar-refractivity contribution in [3.63, 3.8) is 0 Å². The molecule has 0 unspecified atom stereocenters. The van der Waals surface area contributed by atoms with Crippen LogP contribution in [0.5, 0.6) is 0 Å². The lowest BCUT2D eigenvalue weighted by atomic mass is 10.3. The van der Waals surface area contributed by atoms with Crippen LogP contribution >= 0.6 is 23.1 Å². The number of aliphatic imine (C=N–C) groups is 2. The number of allylic oxidation sites excluding steroid dienone is 1. The zero-order valence-corrected chi connectivity index (χ0v) is 11.5. The molecule has 0 atom stereocenters. The van der Waals surface area contributed by atoms with Gasteiger partial charge >= 0.3 is 0 Å². The van der Waals surface area contributed by atoms with E-state index in [0.717, 1.165) is 22.2 Å². The van der Waals surface area contributed by atoms with E-state index in [2.05, 4.69) is 27.8 Å². The highest BCUT2D eigenvalue weighted by molar-refractivity contribution is 8.01. The van der Waals surface area contributed by atoms with Crippen molar-refractivity contribution in [1.82, 2.24) is 4.98 Å². The molecule has 1 heterocycles. The van der Waals surface area contributed by atoms with Crippen LogP contribution in [0.15, 0.2) is 50.9 Å². The van der Waals surface area contributed by atoms with Crippen LogP contribution in [-0.2, 0) is 0 Å². The molecule has 92 valence electrons. The third-order valence-electron chi connectivity index (χ3n) is 2.10. The number of thiazole rings is 1. The lowest BCUT2D eigenvalue weighted by molar-refractivity contribution is 1.15. The summed E-state index contributed by atoms with van der Waals surface area (Å²) < 4.78 is 2.35. The largest absolute Gasteiger partial charge is 0.292 e. The zero-order valence-electron chi connectivity index (χ0n) is 9.82. The molecule has 1 aromatic carbocycles. The van der Waals surface area contributed by atoms with Crippen LogP contribution < -0.4 is 0 Å². The molecule has 0 bridgehead atoms. The summed E-state index contributed by atoms with van der Waals surface area (Å²) >= 11 is 3.48. The van der Waals surface area contributed by atoms with Crippen LogP contribution in [0.25, 0.3) is 10.2 Å². The molecule has 0 aliphatic heterocycles. The number of fused-ring (bicyclic) bond motifs is 1. The van der Waals surface area contributed by atoms with E-state index in [9.17, 15) is 0 Å². The van der Waals surface area contributed by atoms with E-state index >= 15 is 0 Å². The van der Waals surface area contributed by atoms with Gasteiger partial charge in [0, 0.05) is 24.7 Å². The van der Waals surface area contributed by atoms with Crippen molar-refractivity contribution >= 4 is 46.2 Å². The van der Waals surface area contributed by atoms with Crippen molar-refractivity contribution in [2.45, 2.75) is 4.34 Å². The number of benzene rings is 1. The van der Waals surface area contributed by atoms with E-state index in [4.69, 9.17) is 0 Å². The summed E-state index contributed by atoms with van der Waals surface area (Å²) in [5, 5.41) is 0. The van der Waals surface area contributed by atoms with E-state index in [1.165, 1.54) is 4.70 Å². The van der Waals surface area contributed by atoms with Gasteiger partial charge < -0.3 is 0 Å². The number of nitrogens with zero attached hydrogens (tertiary/aromatic N) is 3. The summed E-state index contributed by atoms with van der Waals surface area (Å²) in [6, 6.07) is 8.20. The Morgan fingerprint density at radius 1 is 1.39 bits per heavy atom. The van der Waals surface area contributed by atoms with Gasteiger partial charge in [-0.1, -0.05) is 23.9 Å². The highest BCUT2D eigenvalue weighted by Crippen LogP contribution is 2.28. The predicted octanol–water partition coefficient (Wildman–Crippen LogP) is 3.67. The molecule has 3 nitrogen and oxygen atoms in total. The Labute approximate surface area is 114 Å². The van der Waals surface area contributed by atoms with Gasteiger partial charge in [0.05, 0.1) is 10.2 Å². The molecular weight excluding hydrogens is 262 g/mol. The Hall–Kier alpha value is -1.46. The molecule has 0 spiro atoms. The lowest BCUT2D eigenvalue weighted by Crippen LogP contribution is -1.84. The summed E-state index contributed by atoms with van der Waals surface area (Å²) in [6.07, 6.45) is 5.13.